The molecule has 2 aliphatic rings. The number of carbonyl (C=O) groups is 2. The third-order valence-electron chi connectivity index (χ3n) is 7.98. The second kappa shape index (κ2) is 14.1. The molecule has 0 radical (unpaired) electrons. The second-order valence-corrected chi connectivity index (χ2v) is 10.5. The Morgan fingerprint density at radius 2 is 1.71 bits per heavy atom. The summed E-state index contributed by atoms with van der Waals surface area (Å²) < 4.78 is 5.34. The summed E-state index contributed by atoms with van der Waals surface area (Å²) in [7, 11) is 1.61. The van der Waals surface area contributed by atoms with Crippen molar-refractivity contribution in [2.75, 3.05) is 33.3 Å². The third kappa shape index (κ3) is 6.68. The summed E-state index contributed by atoms with van der Waals surface area (Å²) in [6, 6.07) is 22.2. The Morgan fingerprint density at radius 1 is 1.00 bits per heavy atom. The third-order valence-corrected chi connectivity index (χ3v) is 7.98. The number of rotatable bonds is 9. The van der Waals surface area contributed by atoms with Crippen LogP contribution in [0.15, 0.2) is 84.4 Å². The second-order valence-electron chi connectivity index (χ2n) is 10.5. The van der Waals surface area contributed by atoms with Crippen LogP contribution in [0, 0.1) is 0 Å². The van der Waals surface area contributed by atoms with E-state index < -0.39 is 5.54 Å². The molecule has 216 valence electrons. The maximum atomic E-state index is 13.9. The lowest BCUT2D eigenvalue weighted by Gasteiger charge is -2.42. The van der Waals surface area contributed by atoms with Crippen LogP contribution >= 0.6 is 0 Å². The van der Waals surface area contributed by atoms with Crippen molar-refractivity contribution in [2.45, 2.75) is 51.7 Å². The first-order chi connectivity index (χ1) is 20.0. The highest BCUT2D eigenvalue weighted by molar-refractivity contribution is 6.07. The molecule has 3 aromatic carbocycles. The number of likely N-dealkylation sites (tertiary alicyclic amines) is 1. The normalized spacial score (nSPS) is 16.9. The van der Waals surface area contributed by atoms with Crippen molar-refractivity contribution in [3.8, 4) is 5.75 Å². The monoisotopic (exact) mass is 554 g/mol. The number of fused-ring (bicyclic) bond motifs is 1. The van der Waals surface area contributed by atoms with E-state index in [-0.39, 0.29) is 18.5 Å². The zero-order valence-electron chi connectivity index (χ0n) is 24.6. The van der Waals surface area contributed by atoms with Gasteiger partial charge in [0.15, 0.2) is 0 Å². The van der Waals surface area contributed by atoms with Gasteiger partial charge < -0.3 is 9.64 Å². The number of allylic oxidation sites excluding steroid dienone is 1. The van der Waals surface area contributed by atoms with E-state index in [1.54, 1.807) is 18.2 Å². The zero-order valence-corrected chi connectivity index (χ0v) is 24.6. The van der Waals surface area contributed by atoms with E-state index in [1.165, 1.54) is 21.2 Å². The quantitative estimate of drug-likeness (QED) is 0.176. The van der Waals surface area contributed by atoms with Gasteiger partial charge in [-0.05, 0) is 66.4 Å². The molecular weight excluding hydrogens is 512 g/mol. The van der Waals surface area contributed by atoms with Crippen LogP contribution in [0.2, 0.25) is 0 Å². The van der Waals surface area contributed by atoms with Crippen molar-refractivity contribution < 1.29 is 14.3 Å². The average molecular weight is 555 g/mol. The van der Waals surface area contributed by atoms with Crippen LogP contribution in [0.4, 0.5) is 4.79 Å². The highest BCUT2D eigenvalue weighted by Gasteiger charge is 2.57. The number of hydrogen-bond acceptors (Lipinski definition) is 5. The largest absolute Gasteiger partial charge is 0.497 e. The number of hydrogen-bond donors (Lipinski definition) is 0. The summed E-state index contributed by atoms with van der Waals surface area (Å²) in [5.74, 6) is 0.618. The van der Waals surface area contributed by atoms with Crippen LogP contribution in [0.3, 0.4) is 0 Å². The van der Waals surface area contributed by atoms with Gasteiger partial charge in [0.05, 0.1) is 20.2 Å². The molecule has 0 bridgehead atoms. The lowest BCUT2D eigenvalue weighted by Crippen LogP contribution is -2.56. The molecule has 3 amide bonds. The number of methoxy groups -OCH3 is 1. The molecule has 0 N–H and O–H groups in total. The Kier molecular flexibility index (Phi) is 10.3. The van der Waals surface area contributed by atoms with E-state index >= 15 is 0 Å². The number of benzene rings is 3. The van der Waals surface area contributed by atoms with E-state index in [0.717, 1.165) is 31.6 Å². The van der Waals surface area contributed by atoms with Gasteiger partial charge in [0, 0.05) is 26.2 Å². The van der Waals surface area contributed by atoms with Gasteiger partial charge in [0.1, 0.15) is 11.3 Å². The number of piperidine rings is 1. The molecule has 0 atom stereocenters. The zero-order chi connectivity index (χ0) is 29.2. The molecule has 2 fully saturated rings. The molecule has 5 rings (SSSR count). The van der Waals surface area contributed by atoms with Crippen molar-refractivity contribution in [1.82, 2.24) is 14.7 Å². The lowest BCUT2D eigenvalue weighted by atomic mass is 9.85. The van der Waals surface area contributed by atoms with Crippen molar-refractivity contribution >= 4 is 28.9 Å². The highest BCUT2D eigenvalue weighted by Crippen LogP contribution is 2.38. The molecule has 2 heterocycles. The minimum absolute atomic E-state index is 0.0920. The number of imide groups is 1. The first-order valence-corrected chi connectivity index (χ1v) is 14.5. The number of aliphatic imine (C=N–C) groups is 1. The predicted molar refractivity (Wildman–Crippen MR) is 166 cm³/mol. The molecule has 0 saturated carbocycles. The fourth-order valence-electron chi connectivity index (χ4n) is 5.71. The summed E-state index contributed by atoms with van der Waals surface area (Å²) >= 11 is 0. The van der Waals surface area contributed by atoms with E-state index in [4.69, 9.17) is 4.74 Å². The van der Waals surface area contributed by atoms with E-state index in [1.807, 2.05) is 37.3 Å². The van der Waals surface area contributed by atoms with Gasteiger partial charge >= 0.3 is 6.03 Å². The first-order valence-electron chi connectivity index (χ1n) is 14.5. The van der Waals surface area contributed by atoms with Gasteiger partial charge in [-0.3, -0.25) is 19.6 Å². The molecule has 0 aromatic heterocycles. The molecule has 3 aromatic rings. The van der Waals surface area contributed by atoms with Crippen molar-refractivity contribution in [3.63, 3.8) is 0 Å². The summed E-state index contributed by atoms with van der Waals surface area (Å²) in [4.78, 5) is 37.4. The summed E-state index contributed by atoms with van der Waals surface area (Å²) in [6.07, 6.45) is 5.94. The molecule has 41 heavy (non-hydrogen) atoms. The first kappa shape index (κ1) is 30.0. The minimum atomic E-state index is -0.811. The van der Waals surface area contributed by atoms with E-state index in [0.29, 0.717) is 31.7 Å². The Morgan fingerprint density at radius 3 is 2.41 bits per heavy atom. The molecule has 7 nitrogen and oxygen atoms in total. The highest BCUT2D eigenvalue weighted by atomic mass is 16.5. The Balaban J connectivity index is 0.000000909. The maximum absolute atomic E-state index is 13.9. The summed E-state index contributed by atoms with van der Waals surface area (Å²) in [5.41, 5.74) is 1.35. The van der Waals surface area contributed by atoms with Crippen LogP contribution in [0.5, 0.6) is 5.75 Å². The lowest BCUT2D eigenvalue weighted by molar-refractivity contribution is -0.136. The molecule has 1 spiro atoms. The standard InChI is InChI=1S/C30H34N4O3.C4H8/c1-3-31-16-19-34-29(36)33(21-23-8-6-12-26(20-23)37-2)28(35)30(34)14-17-32(18-15-30)22-25-11-7-10-24-9-4-5-13-27(24)25;1-3-4-2/h3-13,20H,14-19,21-22H2,1-2H3;3H,1,4H2,2H3. The van der Waals surface area contributed by atoms with Gasteiger partial charge in [-0.1, -0.05) is 67.6 Å². The van der Waals surface area contributed by atoms with Gasteiger partial charge in [-0.2, -0.15) is 0 Å². The fourth-order valence-corrected chi connectivity index (χ4v) is 5.71. The van der Waals surface area contributed by atoms with Crippen LogP contribution in [-0.4, -0.2) is 71.7 Å². The van der Waals surface area contributed by atoms with Crippen LogP contribution < -0.4 is 4.74 Å². The molecule has 0 aliphatic carbocycles. The average Bonchev–Trinajstić information content (AvgIpc) is 3.19. The summed E-state index contributed by atoms with van der Waals surface area (Å²) in [6.45, 7) is 10.9. The number of ether oxygens (including phenoxy) is 1. The van der Waals surface area contributed by atoms with Crippen molar-refractivity contribution in [1.29, 1.82) is 0 Å². The SMILES string of the molecule is C=CCC.CC=NCCN1C(=O)N(Cc2cccc(OC)c2)C(=O)C12CCN(Cc1cccc3ccccc13)CC2. The number of amides is 3. The van der Waals surface area contributed by atoms with Crippen LogP contribution in [0.1, 0.15) is 44.2 Å². The minimum Gasteiger partial charge on any atom is -0.497 e. The van der Waals surface area contributed by atoms with Gasteiger partial charge in [-0.15, -0.1) is 6.58 Å². The topological polar surface area (TPSA) is 65.5 Å². The number of nitrogens with zero attached hydrogens (tertiary/aromatic N) is 4. The van der Waals surface area contributed by atoms with Crippen LogP contribution in [-0.2, 0) is 17.9 Å². The van der Waals surface area contributed by atoms with Crippen molar-refractivity contribution in [3.05, 3.63) is 90.5 Å². The van der Waals surface area contributed by atoms with Gasteiger partial charge in [0.25, 0.3) is 5.91 Å². The Bertz CT molecular complexity index is 1370. The van der Waals surface area contributed by atoms with Gasteiger partial charge in [0.2, 0.25) is 0 Å². The molecule has 2 aliphatic heterocycles. The number of urea groups is 1. The fraction of sp³-hybridized carbons (Fsp3) is 0.382. The van der Waals surface area contributed by atoms with Crippen LogP contribution in [0.25, 0.3) is 10.8 Å². The van der Waals surface area contributed by atoms with Crippen molar-refractivity contribution in [2.24, 2.45) is 4.99 Å². The van der Waals surface area contributed by atoms with E-state index in [2.05, 4.69) is 65.9 Å². The van der Waals surface area contributed by atoms with E-state index in [9.17, 15) is 9.59 Å². The molecule has 2 saturated heterocycles. The van der Waals surface area contributed by atoms with Gasteiger partial charge in [-0.25, -0.2) is 4.79 Å². The number of carbonyl (C=O) groups excluding carboxylic acids is 2. The Labute approximate surface area is 244 Å². The summed E-state index contributed by atoms with van der Waals surface area (Å²) in [5, 5.41) is 2.50. The predicted octanol–water partition coefficient (Wildman–Crippen LogP) is 6.32. The maximum Gasteiger partial charge on any atom is 0.328 e. The Hall–Kier alpha value is -3.97. The molecule has 0 unspecified atom stereocenters. The smallest absolute Gasteiger partial charge is 0.328 e. The molecular formula is C34H42N4O3. The molecule has 7 heteroatoms.